The van der Waals surface area contributed by atoms with Gasteiger partial charge in [0.15, 0.2) is 0 Å². The number of methoxy groups -OCH3 is 1. The quantitative estimate of drug-likeness (QED) is 0.858. The smallest absolute Gasteiger partial charge is 0.339 e. The summed E-state index contributed by atoms with van der Waals surface area (Å²) in [5.74, 6) is -0.563. The molecule has 2 heterocycles. The maximum atomic E-state index is 12.3. The van der Waals surface area contributed by atoms with E-state index < -0.39 is 23.7 Å². The van der Waals surface area contributed by atoms with Crippen LogP contribution in [0.1, 0.15) is 50.0 Å². The average Bonchev–Trinajstić information content (AvgIpc) is 2.86. The van der Waals surface area contributed by atoms with E-state index in [1.54, 1.807) is 6.92 Å². The molecule has 7 nitrogen and oxygen atoms in total. The topological polar surface area (TPSA) is 97.0 Å². The molecular weight excluding hydrogens is 302 g/mol. The lowest BCUT2D eigenvalue weighted by molar-refractivity contribution is -0.148. The lowest BCUT2D eigenvalue weighted by atomic mass is 9.98. The molecule has 0 aliphatic carbocycles. The van der Waals surface area contributed by atoms with Gasteiger partial charge in [0.25, 0.3) is 0 Å². The van der Waals surface area contributed by atoms with Crippen molar-refractivity contribution >= 4 is 11.9 Å². The molecule has 1 N–H and O–H groups in total. The van der Waals surface area contributed by atoms with Crippen LogP contribution in [-0.2, 0) is 9.59 Å². The van der Waals surface area contributed by atoms with Crippen molar-refractivity contribution in [2.24, 2.45) is 0 Å². The Labute approximate surface area is 133 Å². The highest BCUT2D eigenvalue weighted by Crippen LogP contribution is 2.39. The molecule has 1 aliphatic rings. The highest BCUT2D eigenvalue weighted by Gasteiger charge is 2.42. The molecule has 0 bridgehead atoms. The summed E-state index contributed by atoms with van der Waals surface area (Å²) in [6.45, 7) is 3.57. The molecule has 0 saturated carbocycles. The predicted molar refractivity (Wildman–Crippen MR) is 81.4 cm³/mol. The van der Waals surface area contributed by atoms with Gasteiger partial charge >= 0.3 is 11.6 Å². The van der Waals surface area contributed by atoms with Crippen LogP contribution in [0.15, 0.2) is 15.3 Å². The predicted octanol–water partition coefficient (Wildman–Crippen LogP) is 1.87. The van der Waals surface area contributed by atoms with E-state index >= 15 is 0 Å². The molecule has 126 valence electrons. The first-order valence-corrected chi connectivity index (χ1v) is 7.63. The summed E-state index contributed by atoms with van der Waals surface area (Å²) in [6.07, 6.45) is 1.78. The number of aliphatic carboxylic acids is 1. The van der Waals surface area contributed by atoms with E-state index in [4.69, 9.17) is 9.15 Å². The van der Waals surface area contributed by atoms with E-state index in [-0.39, 0.29) is 18.7 Å². The molecule has 23 heavy (non-hydrogen) atoms. The molecule has 1 aliphatic heterocycles. The summed E-state index contributed by atoms with van der Waals surface area (Å²) in [4.78, 5) is 36.7. The van der Waals surface area contributed by atoms with Crippen molar-refractivity contribution in [2.75, 3.05) is 7.11 Å². The minimum Gasteiger partial charge on any atom is -0.496 e. The fraction of sp³-hybridized carbons (Fsp3) is 0.562. The normalized spacial score (nSPS) is 19.0. The van der Waals surface area contributed by atoms with Crippen LogP contribution in [0, 0.1) is 6.92 Å². The molecule has 2 unspecified atom stereocenters. The van der Waals surface area contributed by atoms with E-state index in [1.165, 1.54) is 18.1 Å². The number of rotatable bonds is 6. The highest BCUT2D eigenvalue weighted by atomic mass is 16.5. The molecule has 2 rings (SSSR count). The summed E-state index contributed by atoms with van der Waals surface area (Å²) in [5, 5.41) is 9.41. The van der Waals surface area contributed by atoms with Gasteiger partial charge in [-0.25, -0.2) is 9.59 Å². The van der Waals surface area contributed by atoms with E-state index in [1.807, 2.05) is 6.92 Å². The standard InChI is InChI=1S/C16H21NO6/c1-4-5-10(17-11(16(20)21)6-7-13(17)18)15-9(2)23-14(19)8-12(15)22-3/h8,10-11H,4-7H2,1-3H3,(H,20,21). The molecule has 1 aromatic heterocycles. The number of ether oxygens (including phenoxy) is 1. The number of likely N-dealkylation sites (tertiary alicyclic amines) is 1. The molecule has 1 saturated heterocycles. The summed E-state index contributed by atoms with van der Waals surface area (Å²) in [7, 11) is 1.43. The molecule has 0 spiro atoms. The Morgan fingerprint density at radius 1 is 1.52 bits per heavy atom. The van der Waals surface area contributed by atoms with Gasteiger partial charge < -0.3 is 19.2 Å². The fourth-order valence-electron chi connectivity index (χ4n) is 3.19. The van der Waals surface area contributed by atoms with Crippen LogP contribution in [0.4, 0.5) is 0 Å². The van der Waals surface area contributed by atoms with Crippen molar-refractivity contribution in [3.05, 3.63) is 27.8 Å². The SMILES string of the molecule is CCCC(c1c(OC)cc(=O)oc1C)N1C(=O)CCC1C(=O)O. The van der Waals surface area contributed by atoms with Crippen LogP contribution < -0.4 is 10.4 Å². The first-order chi connectivity index (χ1) is 10.9. The Morgan fingerprint density at radius 3 is 2.78 bits per heavy atom. The van der Waals surface area contributed by atoms with Crippen molar-refractivity contribution in [3.63, 3.8) is 0 Å². The molecule has 0 aromatic carbocycles. The minimum absolute atomic E-state index is 0.204. The zero-order valence-electron chi connectivity index (χ0n) is 13.5. The van der Waals surface area contributed by atoms with Crippen LogP contribution in [0.5, 0.6) is 5.75 Å². The minimum atomic E-state index is -1.02. The van der Waals surface area contributed by atoms with Gasteiger partial charge in [-0.1, -0.05) is 13.3 Å². The Kier molecular flexibility index (Phi) is 5.08. The number of hydrogen-bond donors (Lipinski definition) is 1. The number of carboxylic acid groups (broad SMARTS) is 1. The van der Waals surface area contributed by atoms with Gasteiger partial charge in [0.05, 0.1) is 24.8 Å². The molecular formula is C16H21NO6. The average molecular weight is 323 g/mol. The first kappa shape index (κ1) is 17.1. The zero-order valence-corrected chi connectivity index (χ0v) is 13.5. The van der Waals surface area contributed by atoms with Crippen LogP contribution in [0.25, 0.3) is 0 Å². The second kappa shape index (κ2) is 6.85. The lowest BCUT2D eigenvalue weighted by Gasteiger charge is -2.32. The Balaban J connectivity index is 2.57. The van der Waals surface area contributed by atoms with Crippen LogP contribution in [0.3, 0.4) is 0 Å². The van der Waals surface area contributed by atoms with Crippen LogP contribution in [-0.4, -0.2) is 35.0 Å². The lowest BCUT2D eigenvalue weighted by Crippen LogP contribution is -2.41. The third-order valence-electron chi connectivity index (χ3n) is 4.14. The molecule has 1 fully saturated rings. The molecule has 7 heteroatoms. The third-order valence-corrected chi connectivity index (χ3v) is 4.14. The van der Waals surface area contributed by atoms with Gasteiger partial charge in [0.1, 0.15) is 17.6 Å². The van der Waals surface area contributed by atoms with Gasteiger partial charge in [-0.3, -0.25) is 4.79 Å². The van der Waals surface area contributed by atoms with E-state index in [2.05, 4.69) is 0 Å². The summed E-state index contributed by atoms with van der Waals surface area (Å²) < 4.78 is 10.4. The van der Waals surface area contributed by atoms with Crippen molar-refractivity contribution in [2.45, 2.75) is 51.6 Å². The summed E-state index contributed by atoms with van der Waals surface area (Å²) >= 11 is 0. The number of amides is 1. The van der Waals surface area contributed by atoms with Gasteiger partial charge in [0, 0.05) is 6.42 Å². The van der Waals surface area contributed by atoms with Gasteiger partial charge in [-0.2, -0.15) is 0 Å². The van der Waals surface area contributed by atoms with Gasteiger partial charge in [0.2, 0.25) is 5.91 Å². The molecule has 1 amide bonds. The molecule has 1 aromatic rings. The van der Waals surface area contributed by atoms with Crippen molar-refractivity contribution in [3.8, 4) is 5.75 Å². The number of hydrogen-bond acceptors (Lipinski definition) is 5. The third kappa shape index (κ3) is 3.23. The summed E-state index contributed by atoms with van der Waals surface area (Å²) in [6, 6.07) is -0.133. The number of carboxylic acids is 1. The second-order valence-electron chi connectivity index (χ2n) is 5.60. The van der Waals surface area contributed by atoms with E-state index in [9.17, 15) is 19.5 Å². The van der Waals surface area contributed by atoms with Crippen molar-refractivity contribution in [1.82, 2.24) is 4.90 Å². The maximum Gasteiger partial charge on any atom is 0.339 e. The van der Waals surface area contributed by atoms with Crippen molar-refractivity contribution < 1.29 is 23.8 Å². The van der Waals surface area contributed by atoms with E-state index in [0.717, 1.165) is 6.42 Å². The Hall–Kier alpha value is -2.31. The summed E-state index contributed by atoms with van der Waals surface area (Å²) in [5.41, 5.74) is 0.0244. The number of carbonyl (C=O) groups is 2. The second-order valence-corrected chi connectivity index (χ2v) is 5.60. The number of aryl methyl sites for hydroxylation is 1. The Morgan fingerprint density at radius 2 is 2.22 bits per heavy atom. The van der Waals surface area contributed by atoms with Gasteiger partial charge in [-0.05, 0) is 19.8 Å². The number of carbonyl (C=O) groups excluding carboxylic acids is 1. The zero-order chi connectivity index (χ0) is 17.1. The van der Waals surface area contributed by atoms with Crippen molar-refractivity contribution in [1.29, 1.82) is 0 Å². The monoisotopic (exact) mass is 323 g/mol. The fourth-order valence-corrected chi connectivity index (χ4v) is 3.19. The van der Waals surface area contributed by atoms with Gasteiger partial charge in [-0.15, -0.1) is 0 Å². The van der Waals surface area contributed by atoms with Crippen LogP contribution in [0.2, 0.25) is 0 Å². The molecule has 0 radical (unpaired) electrons. The van der Waals surface area contributed by atoms with Crippen LogP contribution >= 0.6 is 0 Å². The Bertz CT molecular complexity index is 665. The highest BCUT2D eigenvalue weighted by molar-refractivity contribution is 5.87. The largest absolute Gasteiger partial charge is 0.496 e. The van der Waals surface area contributed by atoms with E-state index in [0.29, 0.717) is 23.5 Å². The first-order valence-electron chi connectivity index (χ1n) is 7.63. The number of nitrogens with zero attached hydrogens (tertiary/aromatic N) is 1. The maximum absolute atomic E-state index is 12.3. The molecule has 2 atom stereocenters.